The molecule has 1 aliphatic rings. The van der Waals surface area contributed by atoms with Gasteiger partial charge in [0.15, 0.2) is 0 Å². The van der Waals surface area contributed by atoms with E-state index < -0.39 is 0 Å². The summed E-state index contributed by atoms with van der Waals surface area (Å²) >= 11 is 0. The van der Waals surface area contributed by atoms with E-state index in [2.05, 4.69) is 22.0 Å². The second-order valence-electron chi connectivity index (χ2n) is 7.88. The van der Waals surface area contributed by atoms with Gasteiger partial charge in [-0.25, -0.2) is 9.37 Å². The van der Waals surface area contributed by atoms with Gasteiger partial charge in [-0.3, -0.25) is 4.79 Å². The van der Waals surface area contributed by atoms with Gasteiger partial charge < -0.3 is 15.6 Å². The molecule has 1 aliphatic heterocycles. The van der Waals surface area contributed by atoms with E-state index in [1.165, 1.54) is 12.1 Å². The summed E-state index contributed by atoms with van der Waals surface area (Å²) < 4.78 is 13.4. The van der Waals surface area contributed by atoms with Crippen LogP contribution >= 0.6 is 0 Å². The number of halogens is 1. The first-order valence-electron chi connectivity index (χ1n) is 10.3. The SMILES string of the molecule is NCC(=O)CC1CCCCN(c2ccc(-c3c[nH]c4cc(F)ccc34)cn2)CC1. The average Bonchev–Trinajstić information content (AvgIpc) is 3.13. The van der Waals surface area contributed by atoms with Crippen molar-refractivity contribution in [2.75, 3.05) is 24.5 Å². The van der Waals surface area contributed by atoms with Gasteiger partial charge in [0.25, 0.3) is 0 Å². The number of hydrogen-bond acceptors (Lipinski definition) is 4. The number of carbonyl (C=O) groups excluding carboxylic acids is 1. The van der Waals surface area contributed by atoms with Crippen molar-refractivity contribution >= 4 is 22.5 Å². The zero-order chi connectivity index (χ0) is 20.2. The molecule has 1 unspecified atom stereocenters. The van der Waals surface area contributed by atoms with Gasteiger partial charge in [0.05, 0.1) is 6.54 Å². The van der Waals surface area contributed by atoms with Gasteiger partial charge in [-0.1, -0.05) is 6.42 Å². The Kier molecular flexibility index (Phi) is 5.90. The standard InChI is InChI=1S/C23H27FN4O/c24-18-5-6-20-21(15-26-22(20)12-18)17-4-7-23(27-14-17)28-9-2-1-3-16(8-10-28)11-19(29)13-25/h4-7,12,14-16,26H,1-3,8-11,13,25H2. The highest BCUT2D eigenvalue weighted by Crippen LogP contribution is 2.30. The first-order valence-corrected chi connectivity index (χ1v) is 10.3. The molecule has 3 aromatic rings. The maximum atomic E-state index is 13.4. The summed E-state index contributed by atoms with van der Waals surface area (Å²) in [5.41, 5.74) is 8.29. The molecule has 3 N–H and O–H groups in total. The maximum Gasteiger partial charge on any atom is 0.146 e. The minimum Gasteiger partial charge on any atom is -0.360 e. The molecular formula is C23H27FN4O. The zero-order valence-corrected chi connectivity index (χ0v) is 16.5. The number of ketones is 1. The number of aromatic nitrogens is 2. The van der Waals surface area contributed by atoms with Crippen molar-refractivity contribution in [2.45, 2.75) is 32.1 Å². The van der Waals surface area contributed by atoms with Crippen molar-refractivity contribution in [3.8, 4) is 11.1 Å². The molecule has 0 spiro atoms. The number of nitrogens with one attached hydrogen (secondary N) is 1. The molecule has 1 atom stereocenters. The lowest BCUT2D eigenvalue weighted by atomic mass is 9.91. The van der Waals surface area contributed by atoms with E-state index in [1.54, 1.807) is 6.07 Å². The van der Waals surface area contributed by atoms with Crippen LogP contribution in [0.3, 0.4) is 0 Å². The van der Waals surface area contributed by atoms with Gasteiger partial charge in [-0.05, 0) is 55.5 Å². The van der Waals surface area contributed by atoms with Gasteiger partial charge in [0, 0.05) is 53.9 Å². The number of rotatable bonds is 5. The number of fused-ring (bicyclic) bond motifs is 1. The molecule has 5 nitrogen and oxygen atoms in total. The smallest absolute Gasteiger partial charge is 0.146 e. The number of carbonyl (C=O) groups is 1. The molecule has 6 heteroatoms. The molecule has 29 heavy (non-hydrogen) atoms. The van der Waals surface area contributed by atoms with Crippen LogP contribution in [0.1, 0.15) is 32.1 Å². The molecule has 1 aromatic carbocycles. The first-order chi connectivity index (χ1) is 14.1. The van der Waals surface area contributed by atoms with Gasteiger partial charge in [-0.15, -0.1) is 0 Å². The lowest BCUT2D eigenvalue weighted by Gasteiger charge is -2.29. The van der Waals surface area contributed by atoms with Crippen LogP contribution in [-0.4, -0.2) is 35.4 Å². The lowest BCUT2D eigenvalue weighted by Crippen LogP contribution is -2.31. The van der Waals surface area contributed by atoms with E-state index in [-0.39, 0.29) is 18.1 Å². The second-order valence-corrected chi connectivity index (χ2v) is 7.88. The fraction of sp³-hybridized carbons (Fsp3) is 0.391. The quantitative estimate of drug-likeness (QED) is 0.677. The number of nitrogens with zero attached hydrogens (tertiary/aromatic N) is 2. The van der Waals surface area contributed by atoms with Crippen LogP contribution in [0, 0.1) is 11.7 Å². The van der Waals surface area contributed by atoms with Gasteiger partial charge in [0.1, 0.15) is 17.4 Å². The number of hydrogen-bond donors (Lipinski definition) is 2. The van der Waals surface area contributed by atoms with Gasteiger partial charge >= 0.3 is 0 Å². The van der Waals surface area contributed by atoms with Crippen molar-refractivity contribution < 1.29 is 9.18 Å². The van der Waals surface area contributed by atoms with Crippen LogP contribution in [0.5, 0.6) is 0 Å². The van der Waals surface area contributed by atoms with E-state index in [1.807, 2.05) is 12.4 Å². The van der Waals surface area contributed by atoms with E-state index in [0.29, 0.717) is 12.3 Å². The highest BCUT2D eigenvalue weighted by Gasteiger charge is 2.19. The number of Topliss-reactive ketones (excluding diaryl/α,β-unsaturated/α-hetero) is 1. The number of pyridine rings is 1. The Labute approximate surface area is 170 Å². The summed E-state index contributed by atoms with van der Waals surface area (Å²) in [5.74, 6) is 1.29. The third kappa shape index (κ3) is 4.48. The number of H-pyrrole nitrogens is 1. The molecule has 1 saturated heterocycles. The number of benzene rings is 1. The maximum absolute atomic E-state index is 13.4. The summed E-state index contributed by atoms with van der Waals surface area (Å²) in [4.78, 5) is 21.9. The minimum absolute atomic E-state index is 0.143. The summed E-state index contributed by atoms with van der Waals surface area (Å²) in [5, 5.41) is 0.986. The Hall–Kier alpha value is -2.73. The number of nitrogens with two attached hydrogens (primary N) is 1. The third-order valence-corrected chi connectivity index (χ3v) is 5.87. The van der Waals surface area contributed by atoms with Gasteiger partial charge in [-0.2, -0.15) is 0 Å². The topological polar surface area (TPSA) is 75.0 Å². The van der Waals surface area contributed by atoms with Crippen LogP contribution in [0.4, 0.5) is 10.2 Å². The third-order valence-electron chi connectivity index (χ3n) is 5.87. The first kappa shape index (κ1) is 19.6. The minimum atomic E-state index is -0.247. The average molecular weight is 394 g/mol. The highest BCUT2D eigenvalue weighted by atomic mass is 19.1. The Morgan fingerprint density at radius 2 is 2.10 bits per heavy atom. The van der Waals surface area contributed by atoms with Crippen molar-refractivity contribution in [2.24, 2.45) is 11.7 Å². The fourth-order valence-corrected chi connectivity index (χ4v) is 4.24. The summed E-state index contributed by atoms with van der Waals surface area (Å²) in [6.07, 6.45) is 8.70. The van der Waals surface area contributed by atoms with E-state index in [0.717, 1.165) is 66.6 Å². The summed E-state index contributed by atoms with van der Waals surface area (Å²) in [6.45, 7) is 2.03. The molecular weight excluding hydrogens is 367 g/mol. The zero-order valence-electron chi connectivity index (χ0n) is 16.5. The molecule has 1 fully saturated rings. The van der Waals surface area contributed by atoms with Crippen LogP contribution in [0.25, 0.3) is 22.0 Å². The van der Waals surface area contributed by atoms with E-state index in [9.17, 15) is 9.18 Å². The number of anilines is 1. The molecule has 4 rings (SSSR count). The van der Waals surface area contributed by atoms with Crippen molar-refractivity contribution in [1.29, 1.82) is 0 Å². The summed E-state index contributed by atoms with van der Waals surface area (Å²) in [6, 6.07) is 8.91. The van der Waals surface area contributed by atoms with Crippen molar-refractivity contribution in [3.05, 3.63) is 48.5 Å². The van der Waals surface area contributed by atoms with Crippen LogP contribution in [0.2, 0.25) is 0 Å². The van der Waals surface area contributed by atoms with Crippen LogP contribution < -0.4 is 10.6 Å². The largest absolute Gasteiger partial charge is 0.360 e. The Morgan fingerprint density at radius 1 is 1.21 bits per heavy atom. The monoisotopic (exact) mass is 394 g/mol. The van der Waals surface area contributed by atoms with Crippen LogP contribution in [-0.2, 0) is 4.79 Å². The van der Waals surface area contributed by atoms with Crippen molar-refractivity contribution in [3.63, 3.8) is 0 Å². The summed E-state index contributed by atoms with van der Waals surface area (Å²) in [7, 11) is 0. The second kappa shape index (κ2) is 8.74. The van der Waals surface area contributed by atoms with Gasteiger partial charge in [0.2, 0.25) is 0 Å². The Morgan fingerprint density at radius 3 is 2.90 bits per heavy atom. The molecule has 0 radical (unpaired) electrons. The molecule has 0 bridgehead atoms. The van der Waals surface area contributed by atoms with E-state index >= 15 is 0 Å². The predicted octanol–water partition coefficient (Wildman–Crippen LogP) is 4.28. The molecule has 3 heterocycles. The lowest BCUT2D eigenvalue weighted by molar-refractivity contribution is -0.118. The highest BCUT2D eigenvalue weighted by molar-refractivity contribution is 5.95. The van der Waals surface area contributed by atoms with E-state index in [4.69, 9.17) is 10.7 Å². The molecule has 2 aromatic heterocycles. The molecule has 152 valence electrons. The molecule has 0 amide bonds. The molecule has 0 aliphatic carbocycles. The Bertz CT molecular complexity index is 982. The van der Waals surface area contributed by atoms with Crippen LogP contribution in [0.15, 0.2) is 42.7 Å². The Balaban J connectivity index is 1.48. The van der Waals surface area contributed by atoms with Crippen molar-refractivity contribution in [1.82, 2.24) is 9.97 Å². The predicted molar refractivity (Wildman–Crippen MR) is 114 cm³/mol. The number of aromatic amines is 1. The molecule has 0 saturated carbocycles. The normalized spacial score (nSPS) is 17.9. The fourth-order valence-electron chi connectivity index (χ4n) is 4.24.